The minimum absolute atomic E-state index is 0.0386. The Morgan fingerprint density at radius 1 is 1.65 bits per heavy atom. The van der Waals surface area contributed by atoms with Crippen LogP contribution in [0.2, 0.25) is 0 Å². The Morgan fingerprint density at radius 3 is 3.06 bits per heavy atom. The highest BCUT2D eigenvalue weighted by Crippen LogP contribution is 2.17. The van der Waals surface area contributed by atoms with Crippen molar-refractivity contribution in [2.45, 2.75) is 12.3 Å². The molecule has 0 amide bonds. The molecule has 0 aliphatic carbocycles. The lowest BCUT2D eigenvalue weighted by Crippen LogP contribution is -2.23. The second-order valence-corrected chi connectivity index (χ2v) is 4.84. The summed E-state index contributed by atoms with van der Waals surface area (Å²) in [5.41, 5.74) is -0.430. The number of fused-ring (bicyclic) bond motifs is 1. The second-order valence-electron chi connectivity index (χ2n) is 3.18. The van der Waals surface area contributed by atoms with Crippen molar-refractivity contribution in [3.8, 4) is 0 Å². The molecule has 0 aromatic carbocycles. The molecule has 7 heteroatoms. The topological polar surface area (TPSA) is 60.7 Å². The van der Waals surface area contributed by atoms with Crippen molar-refractivity contribution in [2.75, 3.05) is 6.61 Å². The average molecular weight is 317 g/mol. The summed E-state index contributed by atoms with van der Waals surface area (Å²) in [4.78, 5) is 29.1. The molecule has 0 unspecified atom stereocenters. The Kier molecular flexibility index (Phi) is 3.58. The van der Waals surface area contributed by atoms with Crippen molar-refractivity contribution >= 4 is 38.2 Å². The molecular formula is C10H9BrN2O3S. The van der Waals surface area contributed by atoms with E-state index in [4.69, 9.17) is 4.74 Å². The summed E-state index contributed by atoms with van der Waals surface area (Å²) >= 11 is 4.71. The van der Waals surface area contributed by atoms with Gasteiger partial charge >= 0.3 is 5.97 Å². The van der Waals surface area contributed by atoms with Gasteiger partial charge in [-0.1, -0.05) is 15.9 Å². The van der Waals surface area contributed by atoms with Crippen LogP contribution in [-0.2, 0) is 10.1 Å². The molecule has 2 aromatic rings. The zero-order valence-corrected chi connectivity index (χ0v) is 11.4. The van der Waals surface area contributed by atoms with Gasteiger partial charge in [-0.05, 0) is 6.92 Å². The highest BCUT2D eigenvalue weighted by molar-refractivity contribution is 9.08. The number of rotatable bonds is 3. The molecule has 0 N–H and O–H groups in total. The van der Waals surface area contributed by atoms with E-state index in [0.29, 0.717) is 10.3 Å². The van der Waals surface area contributed by atoms with Gasteiger partial charge in [-0.2, -0.15) is 0 Å². The number of ether oxygens (including phenoxy) is 1. The van der Waals surface area contributed by atoms with Crippen molar-refractivity contribution in [3.05, 3.63) is 33.2 Å². The van der Waals surface area contributed by atoms with Crippen LogP contribution >= 0.6 is 27.3 Å². The first kappa shape index (κ1) is 12.3. The van der Waals surface area contributed by atoms with E-state index >= 15 is 0 Å². The second kappa shape index (κ2) is 4.97. The highest BCUT2D eigenvalue weighted by atomic mass is 79.9. The molecular weight excluding hydrogens is 308 g/mol. The van der Waals surface area contributed by atoms with E-state index in [2.05, 4.69) is 20.9 Å². The summed E-state index contributed by atoms with van der Waals surface area (Å²) in [6.45, 7) is 1.92. The third-order valence-electron chi connectivity index (χ3n) is 2.08. The largest absolute Gasteiger partial charge is 0.462 e. The minimum Gasteiger partial charge on any atom is -0.462 e. The van der Waals surface area contributed by atoms with E-state index in [1.165, 1.54) is 21.9 Å². The van der Waals surface area contributed by atoms with Crippen molar-refractivity contribution < 1.29 is 9.53 Å². The molecule has 2 rings (SSSR count). The summed E-state index contributed by atoms with van der Waals surface area (Å²) in [5.74, 6) is -0.633. The highest BCUT2D eigenvalue weighted by Gasteiger charge is 2.15. The van der Waals surface area contributed by atoms with E-state index in [1.54, 1.807) is 13.1 Å². The van der Waals surface area contributed by atoms with Crippen LogP contribution in [-0.4, -0.2) is 22.0 Å². The first-order chi connectivity index (χ1) is 8.17. The molecule has 0 atom stereocenters. The van der Waals surface area contributed by atoms with Crippen LogP contribution in [0.5, 0.6) is 0 Å². The number of esters is 1. The number of thiazole rings is 1. The number of aromatic nitrogens is 2. The molecule has 0 radical (unpaired) electrons. The lowest BCUT2D eigenvalue weighted by atomic mass is 10.3. The fourth-order valence-corrected chi connectivity index (χ4v) is 2.62. The van der Waals surface area contributed by atoms with Crippen LogP contribution in [0.15, 0.2) is 17.2 Å². The van der Waals surface area contributed by atoms with E-state index in [1.807, 2.05) is 0 Å². The van der Waals surface area contributed by atoms with Crippen LogP contribution in [0.25, 0.3) is 4.96 Å². The minimum atomic E-state index is -0.633. The number of hydrogen-bond donors (Lipinski definition) is 0. The Hall–Kier alpha value is -1.21. The third kappa shape index (κ3) is 2.25. The van der Waals surface area contributed by atoms with E-state index in [0.717, 1.165) is 4.88 Å². The summed E-state index contributed by atoms with van der Waals surface area (Å²) in [7, 11) is 0. The van der Waals surface area contributed by atoms with Gasteiger partial charge < -0.3 is 4.74 Å². The van der Waals surface area contributed by atoms with Gasteiger partial charge in [-0.25, -0.2) is 9.78 Å². The number of halogens is 1. The van der Waals surface area contributed by atoms with Gasteiger partial charge in [0.05, 0.1) is 12.8 Å². The standard InChI is InChI=1S/C10H9BrN2O3S/c1-2-16-9(15)7-4-12-10-13(8(7)14)5-6(3-11)17-10/h4-5H,2-3H2,1H3. The first-order valence-electron chi connectivity index (χ1n) is 4.90. The maximum absolute atomic E-state index is 12.0. The fourth-order valence-electron chi connectivity index (χ4n) is 1.34. The van der Waals surface area contributed by atoms with E-state index in [9.17, 15) is 9.59 Å². The summed E-state index contributed by atoms with van der Waals surface area (Å²) in [6.07, 6.45) is 2.94. The maximum Gasteiger partial charge on any atom is 0.345 e. The number of carbonyl (C=O) groups is 1. The van der Waals surface area contributed by atoms with Gasteiger partial charge in [0.25, 0.3) is 5.56 Å². The van der Waals surface area contributed by atoms with Crippen LogP contribution in [0.1, 0.15) is 22.2 Å². The Bertz CT molecular complexity index is 620. The van der Waals surface area contributed by atoms with Gasteiger partial charge in [0.2, 0.25) is 0 Å². The third-order valence-corrected chi connectivity index (χ3v) is 4.05. The van der Waals surface area contributed by atoms with Crippen molar-refractivity contribution in [3.63, 3.8) is 0 Å². The Morgan fingerprint density at radius 2 is 2.41 bits per heavy atom. The molecule has 0 aliphatic rings. The fraction of sp³-hybridized carbons (Fsp3) is 0.300. The summed E-state index contributed by atoms with van der Waals surface area (Å²) in [5, 5.41) is 0.648. The lowest BCUT2D eigenvalue weighted by Gasteiger charge is -2.00. The van der Waals surface area contributed by atoms with Crippen molar-refractivity contribution in [2.24, 2.45) is 0 Å². The molecule has 0 fully saturated rings. The van der Waals surface area contributed by atoms with Crippen LogP contribution in [0.4, 0.5) is 0 Å². The van der Waals surface area contributed by atoms with Crippen LogP contribution < -0.4 is 5.56 Å². The zero-order chi connectivity index (χ0) is 12.4. The molecule has 0 saturated carbocycles. The van der Waals surface area contributed by atoms with Crippen LogP contribution in [0, 0.1) is 0 Å². The van der Waals surface area contributed by atoms with Gasteiger partial charge in [-0.15, -0.1) is 11.3 Å². The van der Waals surface area contributed by atoms with Gasteiger partial charge in [0.1, 0.15) is 5.56 Å². The van der Waals surface area contributed by atoms with Crippen LogP contribution in [0.3, 0.4) is 0 Å². The number of alkyl halides is 1. The summed E-state index contributed by atoms with van der Waals surface area (Å²) < 4.78 is 6.16. The molecule has 0 aliphatic heterocycles. The Balaban J connectivity index is 2.57. The van der Waals surface area contributed by atoms with Gasteiger partial charge in [0, 0.05) is 16.4 Å². The lowest BCUT2D eigenvalue weighted by molar-refractivity contribution is 0.0523. The molecule has 17 heavy (non-hydrogen) atoms. The Labute approximate surface area is 109 Å². The molecule has 90 valence electrons. The molecule has 5 nitrogen and oxygen atoms in total. The van der Waals surface area contributed by atoms with Crippen molar-refractivity contribution in [1.82, 2.24) is 9.38 Å². The van der Waals surface area contributed by atoms with E-state index < -0.39 is 11.5 Å². The monoisotopic (exact) mass is 316 g/mol. The molecule has 0 saturated heterocycles. The van der Waals surface area contributed by atoms with Gasteiger partial charge in [0.15, 0.2) is 4.96 Å². The molecule has 0 bridgehead atoms. The molecule has 2 aromatic heterocycles. The van der Waals surface area contributed by atoms with E-state index in [-0.39, 0.29) is 12.2 Å². The SMILES string of the molecule is CCOC(=O)c1cnc2sc(CBr)cn2c1=O. The quantitative estimate of drug-likeness (QED) is 0.640. The number of nitrogens with zero attached hydrogens (tertiary/aromatic N) is 2. The average Bonchev–Trinajstić information content (AvgIpc) is 2.73. The zero-order valence-electron chi connectivity index (χ0n) is 8.97. The van der Waals surface area contributed by atoms with Gasteiger partial charge in [-0.3, -0.25) is 9.20 Å². The first-order valence-corrected chi connectivity index (χ1v) is 6.84. The predicted molar refractivity (Wildman–Crippen MR) is 67.9 cm³/mol. The van der Waals surface area contributed by atoms with Crippen molar-refractivity contribution in [1.29, 1.82) is 0 Å². The maximum atomic E-state index is 12.0. The number of hydrogen-bond acceptors (Lipinski definition) is 5. The predicted octanol–water partition coefficient (Wildman–Crippen LogP) is 1.83. The summed E-state index contributed by atoms with van der Waals surface area (Å²) in [6, 6.07) is 0. The normalized spacial score (nSPS) is 10.7. The molecule has 2 heterocycles. The number of carbonyl (C=O) groups excluding carboxylic acids is 1. The smallest absolute Gasteiger partial charge is 0.345 e. The molecule has 0 spiro atoms.